The summed E-state index contributed by atoms with van der Waals surface area (Å²) in [5, 5.41) is 3.40. The van der Waals surface area contributed by atoms with E-state index in [4.69, 9.17) is 21.1 Å². The average Bonchev–Trinajstić information content (AvgIpc) is 2.85. The smallest absolute Gasteiger partial charge is 0.224 e. The van der Waals surface area contributed by atoms with Crippen LogP contribution in [0.3, 0.4) is 0 Å². The molecule has 1 amide bonds. The van der Waals surface area contributed by atoms with Crippen LogP contribution in [0.15, 0.2) is 66.7 Å². The Labute approximate surface area is 204 Å². The van der Waals surface area contributed by atoms with Gasteiger partial charge in [0.05, 0.1) is 24.7 Å². The third-order valence-corrected chi connectivity index (χ3v) is 6.03. The molecule has 3 aromatic carbocycles. The van der Waals surface area contributed by atoms with Crippen LogP contribution in [-0.2, 0) is 22.5 Å². The molecule has 7 heteroatoms. The number of carbonyl (C=O) groups is 1. The fourth-order valence-electron chi connectivity index (χ4n) is 3.82. The van der Waals surface area contributed by atoms with E-state index in [0.717, 1.165) is 55.1 Å². The van der Waals surface area contributed by atoms with Gasteiger partial charge in [-0.2, -0.15) is 0 Å². The maximum absolute atomic E-state index is 13.3. The molecule has 3 aromatic rings. The molecular formula is C27H28ClFN2O3. The van der Waals surface area contributed by atoms with Gasteiger partial charge in [-0.1, -0.05) is 54.1 Å². The summed E-state index contributed by atoms with van der Waals surface area (Å²) in [6.07, 6.45) is 0.256. The summed E-state index contributed by atoms with van der Waals surface area (Å²) in [4.78, 5) is 14.6. The standard InChI is InChI=1S/C27H28ClFN2O3/c28-25-18-23(8-9-26(25)34-15-12-31-10-13-33-14-11-31)22-6-4-20(5-7-22)17-27(32)30-19-21-2-1-3-24(29)16-21/h1-9,16,18H,10-15,17,19H2,(H,30,32). The lowest BCUT2D eigenvalue weighted by Gasteiger charge is -2.26. The van der Waals surface area contributed by atoms with E-state index < -0.39 is 0 Å². The second-order valence-electron chi connectivity index (χ2n) is 8.23. The summed E-state index contributed by atoms with van der Waals surface area (Å²) in [5.41, 5.74) is 3.61. The van der Waals surface area contributed by atoms with Crippen molar-refractivity contribution < 1.29 is 18.7 Å². The fraction of sp³-hybridized carbons (Fsp3) is 0.296. The molecule has 0 atom stereocenters. The fourth-order valence-corrected chi connectivity index (χ4v) is 4.05. The van der Waals surface area contributed by atoms with Crippen molar-refractivity contribution >= 4 is 17.5 Å². The van der Waals surface area contributed by atoms with Gasteiger partial charge in [0.15, 0.2) is 0 Å². The second-order valence-corrected chi connectivity index (χ2v) is 8.64. The summed E-state index contributed by atoms with van der Waals surface area (Å²) in [7, 11) is 0. The number of rotatable bonds is 9. The van der Waals surface area contributed by atoms with Gasteiger partial charge in [0.2, 0.25) is 5.91 Å². The normalized spacial score (nSPS) is 14.1. The van der Waals surface area contributed by atoms with Crippen LogP contribution in [0.25, 0.3) is 11.1 Å². The van der Waals surface area contributed by atoms with Crippen LogP contribution in [0, 0.1) is 5.82 Å². The molecule has 0 unspecified atom stereocenters. The third kappa shape index (κ3) is 7.03. The van der Waals surface area contributed by atoms with Crippen molar-refractivity contribution in [2.75, 3.05) is 39.5 Å². The number of benzene rings is 3. The minimum atomic E-state index is -0.310. The van der Waals surface area contributed by atoms with Crippen LogP contribution >= 0.6 is 11.6 Å². The highest BCUT2D eigenvalue weighted by molar-refractivity contribution is 6.32. The SMILES string of the molecule is O=C(Cc1ccc(-c2ccc(OCCN3CCOCC3)c(Cl)c2)cc1)NCc1cccc(F)c1. The first-order chi connectivity index (χ1) is 16.6. The van der Waals surface area contributed by atoms with Gasteiger partial charge < -0.3 is 14.8 Å². The molecule has 1 aliphatic heterocycles. The van der Waals surface area contributed by atoms with Gasteiger partial charge in [0.1, 0.15) is 18.2 Å². The summed E-state index contributed by atoms with van der Waals surface area (Å²) in [5.74, 6) is 0.249. The molecule has 0 spiro atoms. The molecule has 1 N–H and O–H groups in total. The maximum atomic E-state index is 13.3. The van der Waals surface area contributed by atoms with Crippen molar-refractivity contribution in [1.29, 1.82) is 0 Å². The molecule has 1 saturated heterocycles. The molecule has 4 rings (SSSR count). The Bertz CT molecular complexity index is 1100. The molecule has 1 heterocycles. The molecule has 178 valence electrons. The number of amides is 1. The topological polar surface area (TPSA) is 50.8 Å². The lowest BCUT2D eigenvalue weighted by atomic mass is 10.0. The molecular weight excluding hydrogens is 455 g/mol. The third-order valence-electron chi connectivity index (χ3n) is 5.73. The number of nitrogens with zero attached hydrogens (tertiary/aromatic N) is 1. The molecule has 0 aromatic heterocycles. The quantitative estimate of drug-likeness (QED) is 0.479. The molecule has 0 bridgehead atoms. The number of halogens is 2. The number of hydrogen-bond acceptors (Lipinski definition) is 4. The first kappa shape index (κ1) is 24.2. The summed E-state index contributed by atoms with van der Waals surface area (Å²) >= 11 is 6.46. The molecule has 0 saturated carbocycles. The summed E-state index contributed by atoms with van der Waals surface area (Å²) < 4.78 is 24.5. The van der Waals surface area contributed by atoms with E-state index in [1.54, 1.807) is 12.1 Å². The van der Waals surface area contributed by atoms with Crippen LogP contribution in [-0.4, -0.2) is 50.3 Å². The van der Waals surface area contributed by atoms with Gasteiger partial charge in [0.25, 0.3) is 0 Å². The van der Waals surface area contributed by atoms with Crippen LogP contribution in [0.4, 0.5) is 4.39 Å². The van der Waals surface area contributed by atoms with E-state index in [1.165, 1.54) is 12.1 Å². The number of ether oxygens (including phenoxy) is 2. The minimum Gasteiger partial charge on any atom is -0.491 e. The van der Waals surface area contributed by atoms with Crippen molar-refractivity contribution in [3.8, 4) is 16.9 Å². The Kier molecular flexibility index (Phi) is 8.52. The highest BCUT2D eigenvalue weighted by Crippen LogP contribution is 2.30. The van der Waals surface area contributed by atoms with Gasteiger partial charge in [-0.15, -0.1) is 0 Å². The molecule has 5 nitrogen and oxygen atoms in total. The molecule has 1 aliphatic rings. The van der Waals surface area contributed by atoms with Gasteiger partial charge in [-0.05, 0) is 46.5 Å². The van der Waals surface area contributed by atoms with Crippen molar-refractivity contribution in [2.45, 2.75) is 13.0 Å². The zero-order valence-electron chi connectivity index (χ0n) is 18.9. The highest BCUT2D eigenvalue weighted by atomic mass is 35.5. The maximum Gasteiger partial charge on any atom is 0.224 e. The number of carbonyl (C=O) groups excluding carboxylic acids is 1. The van der Waals surface area contributed by atoms with Gasteiger partial charge in [0, 0.05) is 26.2 Å². The Hall–Kier alpha value is -2.93. The van der Waals surface area contributed by atoms with Crippen molar-refractivity contribution in [3.05, 3.63) is 88.7 Å². The molecule has 0 radical (unpaired) electrons. The molecule has 1 fully saturated rings. The zero-order chi connectivity index (χ0) is 23.8. The van der Waals surface area contributed by atoms with Crippen LogP contribution in [0.2, 0.25) is 5.02 Å². The van der Waals surface area contributed by atoms with Gasteiger partial charge in [-0.3, -0.25) is 9.69 Å². The Morgan fingerprint density at radius 3 is 2.50 bits per heavy atom. The molecule has 0 aliphatic carbocycles. The van der Waals surface area contributed by atoms with Crippen molar-refractivity contribution in [1.82, 2.24) is 10.2 Å². The predicted octanol–water partition coefficient (Wildman–Crippen LogP) is 4.72. The summed E-state index contributed by atoms with van der Waals surface area (Å²) in [6, 6.07) is 19.8. The first-order valence-corrected chi connectivity index (χ1v) is 11.8. The number of morpholine rings is 1. The lowest BCUT2D eigenvalue weighted by Crippen LogP contribution is -2.38. The van der Waals surface area contributed by atoms with Crippen LogP contribution in [0.5, 0.6) is 5.75 Å². The van der Waals surface area contributed by atoms with E-state index in [2.05, 4.69) is 10.2 Å². The van der Waals surface area contributed by atoms with E-state index in [0.29, 0.717) is 23.9 Å². The Morgan fingerprint density at radius 2 is 1.76 bits per heavy atom. The largest absolute Gasteiger partial charge is 0.491 e. The number of nitrogens with one attached hydrogen (secondary N) is 1. The zero-order valence-corrected chi connectivity index (χ0v) is 19.7. The van der Waals surface area contributed by atoms with Gasteiger partial charge in [-0.25, -0.2) is 4.39 Å². The van der Waals surface area contributed by atoms with E-state index in [9.17, 15) is 9.18 Å². The van der Waals surface area contributed by atoms with E-state index in [1.807, 2.05) is 42.5 Å². The number of hydrogen-bond donors (Lipinski definition) is 1. The Balaban J connectivity index is 1.27. The molecule has 34 heavy (non-hydrogen) atoms. The van der Waals surface area contributed by atoms with Crippen LogP contribution < -0.4 is 10.1 Å². The predicted molar refractivity (Wildman–Crippen MR) is 132 cm³/mol. The second kappa shape index (κ2) is 12.0. The first-order valence-electron chi connectivity index (χ1n) is 11.4. The van der Waals surface area contributed by atoms with Crippen molar-refractivity contribution in [2.24, 2.45) is 0 Å². The average molecular weight is 483 g/mol. The highest BCUT2D eigenvalue weighted by Gasteiger charge is 2.11. The van der Waals surface area contributed by atoms with Gasteiger partial charge >= 0.3 is 0 Å². The Morgan fingerprint density at radius 1 is 1.00 bits per heavy atom. The van der Waals surface area contributed by atoms with E-state index >= 15 is 0 Å². The lowest BCUT2D eigenvalue weighted by molar-refractivity contribution is -0.120. The minimum absolute atomic E-state index is 0.112. The van der Waals surface area contributed by atoms with Crippen molar-refractivity contribution in [3.63, 3.8) is 0 Å². The summed E-state index contributed by atoms with van der Waals surface area (Å²) in [6.45, 7) is 5.13. The van der Waals surface area contributed by atoms with E-state index in [-0.39, 0.29) is 18.1 Å². The monoisotopic (exact) mass is 482 g/mol. The van der Waals surface area contributed by atoms with Crippen LogP contribution in [0.1, 0.15) is 11.1 Å².